The van der Waals surface area contributed by atoms with E-state index in [1.54, 1.807) is 11.3 Å². The summed E-state index contributed by atoms with van der Waals surface area (Å²) in [6.45, 7) is 2.50. The van der Waals surface area contributed by atoms with Gasteiger partial charge in [-0.2, -0.15) is 0 Å². The van der Waals surface area contributed by atoms with Crippen molar-refractivity contribution >= 4 is 23.3 Å². The van der Waals surface area contributed by atoms with Crippen LogP contribution < -0.4 is 5.32 Å². The third kappa shape index (κ3) is 3.10. The van der Waals surface area contributed by atoms with Crippen LogP contribution in [0.15, 0.2) is 11.4 Å². The van der Waals surface area contributed by atoms with Gasteiger partial charge in [0.15, 0.2) is 0 Å². The number of nitrogens with zero attached hydrogens (tertiary/aromatic N) is 1. The van der Waals surface area contributed by atoms with E-state index in [4.69, 9.17) is 5.11 Å². The van der Waals surface area contributed by atoms with Crippen LogP contribution in [0.3, 0.4) is 0 Å². The highest BCUT2D eigenvalue weighted by atomic mass is 32.1. The monoisotopic (exact) mass is 298 g/mol. The van der Waals surface area contributed by atoms with Crippen molar-refractivity contribution in [3.05, 3.63) is 21.9 Å². The van der Waals surface area contributed by atoms with Gasteiger partial charge in [-0.3, -0.25) is 0 Å². The van der Waals surface area contributed by atoms with Crippen LogP contribution in [-0.2, 0) is 17.8 Å². The maximum absolute atomic E-state index is 12.0. The van der Waals surface area contributed by atoms with Crippen LogP contribution in [0.25, 0.3) is 0 Å². The number of nitrogens with one attached hydrogen (secondary N) is 1. The summed E-state index contributed by atoms with van der Waals surface area (Å²) in [7, 11) is 0. The second-order valence-corrected chi connectivity index (χ2v) is 5.78. The number of hydrogen-bond acceptors (Lipinski definition) is 4. The Morgan fingerprint density at radius 2 is 2.30 bits per heavy atom. The number of carbonyl (C=O) groups excluding carboxylic acids is 1. The number of β-amino-alcohol motifs (C(OH)–C–C–N with tert-alkyl or cyclic N) is 1. The van der Waals surface area contributed by atoms with E-state index in [1.807, 2.05) is 18.4 Å². The lowest BCUT2D eigenvalue weighted by molar-refractivity contribution is -0.141. The molecule has 0 radical (unpaired) electrons. The molecule has 110 valence electrons. The Bertz CT molecular complexity index is 502. The molecule has 1 aromatic heterocycles. The second-order valence-electron chi connectivity index (χ2n) is 4.78. The molecule has 2 rings (SSSR count). The number of aliphatic hydroxyl groups is 1. The minimum atomic E-state index is -1.08. The fourth-order valence-corrected chi connectivity index (χ4v) is 3.28. The zero-order valence-corrected chi connectivity index (χ0v) is 12.0. The number of aryl methyl sites for hydroxylation is 1. The zero-order valence-electron chi connectivity index (χ0n) is 11.2. The van der Waals surface area contributed by atoms with Crippen molar-refractivity contribution in [3.8, 4) is 0 Å². The molecular weight excluding hydrogens is 280 g/mol. The smallest absolute Gasteiger partial charge is 0.326 e. The molecule has 2 heterocycles. The number of likely N-dealkylation sites (tertiary alicyclic amines) is 1. The van der Waals surface area contributed by atoms with Crippen LogP contribution in [0, 0.1) is 0 Å². The Kier molecular flexibility index (Phi) is 4.61. The first-order valence-electron chi connectivity index (χ1n) is 6.53. The van der Waals surface area contributed by atoms with Crippen molar-refractivity contribution in [3.63, 3.8) is 0 Å². The van der Waals surface area contributed by atoms with Gasteiger partial charge in [0.1, 0.15) is 6.04 Å². The van der Waals surface area contributed by atoms with Crippen LogP contribution in [0.5, 0.6) is 0 Å². The largest absolute Gasteiger partial charge is 0.480 e. The van der Waals surface area contributed by atoms with Gasteiger partial charge in [0.2, 0.25) is 0 Å². The molecular formula is C13H18N2O4S. The molecule has 0 unspecified atom stereocenters. The maximum Gasteiger partial charge on any atom is 0.326 e. The van der Waals surface area contributed by atoms with Crippen molar-refractivity contribution in [1.29, 1.82) is 0 Å². The van der Waals surface area contributed by atoms with Gasteiger partial charge in [-0.15, -0.1) is 11.3 Å². The number of carboxylic acid groups (broad SMARTS) is 1. The number of rotatable bonds is 4. The van der Waals surface area contributed by atoms with E-state index < -0.39 is 24.1 Å². The van der Waals surface area contributed by atoms with Crippen LogP contribution >= 0.6 is 11.3 Å². The summed E-state index contributed by atoms with van der Waals surface area (Å²) in [6, 6.07) is 0.634. The van der Waals surface area contributed by atoms with Crippen molar-refractivity contribution in [2.75, 3.05) is 6.54 Å². The molecule has 20 heavy (non-hydrogen) atoms. The summed E-state index contributed by atoms with van der Waals surface area (Å²) in [5.74, 6) is -1.08. The summed E-state index contributed by atoms with van der Waals surface area (Å²) >= 11 is 1.57. The quantitative estimate of drug-likeness (QED) is 0.775. The minimum Gasteiger partial charge on any atom is -0.480 e. The normalized spacial score (nSPS) is 22.0. The minimum absolute atomic E-state index is 0.0634. The fourth-order valence-electron chi connectivity index (χ4n) is 2.37. The average molecular weight is 298 g/mol. The summed E-state index contributed by atoms with van der Waals surface area (Å²) in [5.41, 5.74) is 1.19. The summed E-state index contributed by atoms with van der Waals surface area (Å²) in [5, 5.41) is 23.3. The summed E-state index contributed by atoms with van der Waals surface area (Å²) in [4.78, 5) is 25.4. The van der Waals surface area contributed by atoms with Gasteiger partial charge in [-0.25, -0.2) is 9.59 Å². The fraction of sp³-hybridized carbons (Fsp3) is 0.538. The van der Waals surface area contributed by atoms with Crippen molar-refractivity contribution in [2.24, 2.45) is 0 Å². The first-order valence-corrected chi connectivity index (χ1v) is 7.41. The van der Waals surface area contributed by atoms with Crippen molar-refractivity contribution < 1.29 is 19.8 Å². The lowest BCUT2D eigenvalue weighted by atomic mass is 10.2. The highest BCUT2D eigenvalue weighted by Gasteiger charge is 2.38. The third-order valence-electron chi connectivity index (χ3n) is 3.44. The average Bonchev–Trinajstić information content (AvgIpc) is 3.01. The van der Waals surface area contributed by atoms with Crippen molar-refractivity contribution in [2.45, 2.75) is 38.5 Å². The van der Waals surface area contributed by atoms with Gasteiger partial charge in [0, 0.05) is 17.8 Å². The highest BCUT2D eigenvalue weighted by Crippen LogP contribution is 2.20. The van der Waals surface area contributed by atoms with E-state index in [-0.39, 0.29) is 13.0 Å². The number of aliphatic hydroxyl groups excluding tert-OH is 1. The molecule has 0 bridgehead atoms. The summed E-state index contributed by atoms with van der Waals surface area (Å²) in [6.07, 6.45) is 0.214. The lowest BCUT2D eigenvalue weighted by Gasteiger charge is -2.21. The highest BCUT2D eigenvalue weighted by molar-refractivity contribution is 7.10. The zero-order chi connectivity index (χ0) is 14.7. The van der Waals surface area contributed by atoms with E-state index in [2.05, 4.69) is 5.32 Å². The van der Waals surface area contributed by atoms with Crippen LogP contribution in [0.1, 0.15) is 23.8 Å². The number of carbonyl (C=O) groups is 2. The Labute approximate surface area is 121 Å². The topological polar surface area (TPSA) is 89.9 Å². The molecule has 1 aliphatic rings. The molecule has 0 saturated carbocycles. The van der Waals surface area contributed by atoms with Gasteiger partial charge < -0.3 is 20.4 Å². The molecule has 2 atom stereocenters. The van der Waals surface area contributed by atoms with E-state index in [0.717, 1.165) is 11.3 Å². The molecule has 6 nitrogen and oxygen atoms in total. The van der Waals surface area contributed by atoms with Crippen LogP contribution in [0.4, 0.5) is 4.79 Å². The number of thiophene rings is 1. The molecule has 0 aromatic carbocycles. The van der Waals surface area contributed by atoms with Crippen molar-refractivity contribution in [1.82, 2.24) is 10.2 Å². The molecule has 1 fully saturated rings. The van der Waals surface area contributed by atoms with E-state index in [1.165, 1.54) is 10.5 Å². The third-order valence-corrected chi connectivity index (χ3v) is 4.41. The van der Waals surface area contributed by atoms with Gasteiger partial charge >= 0.3 is 12.0 Å². The van der Waals surface area contributed by atoms with Gasteiger partial charge in [0.25, 0.3) is 0 Å². The molecule has 3 N–H and O–H groups in total. The first kappa shape index (κ1) is 14.8. The molecule has 0 aliphatic carbocycles. The predicted octanol–water partition coefficient (Wildman–Crippen LogP) is 1.04. The number of hydrogen-bond donors (Lipinski definition) is 3. The standard InChI is InChI=1S/C13H18N2O4S/c1-2-8-3-4-20-11(8)6-14-13(19)15-7-9(16)5-10(15)12(17)18/h3-4,9-10,16H,2,5-7H2,1H3,(H,14,19)(H,17,18)/t9-,10-/m0/s1. The molecule has 1 saturated heterocycles. The van der Waals surface area contributed by atoms with E-state index in [0.29, 0.717) is 6.54 Å². The molecule has 7 heteroatoms. The number of urea groups is 1. The number of amides is 2. The van der Waals surface area contributed by atoms with Crippen LogP contribution in [0.2, 0.25) is 0 Å². The van der Waals surface area contributed by atoms with Gasteiger partial charge in [0.05, 0.1) is 12.6 Å². The van der Waals surface area contributed by atoms with Crippen LogP contribution in [-0.4, -0.2) is 45.8 Å². The SMILES string of the molecule is CCc1ccsc1CNC(=O)N1C[C@@H](O)C[C@H]1C(=O)O. The Morgan fingerprint density at radius 1 is 1.55 bits per heavy atom. The van der Waals surface area contributed by atoms with E-state index in [9.17, 15) is 14.7 Å². The maximum atomic E-state index is 12.0. The number of aliphatic carboxylic acids is 1. The molecule has 1 aromatic rings. The van der Waals surface area contributed by atoms with E-state index >= 15 is 0 Å². The lowest BCUT2D eigenvalue weighted by Crippen LogP contribution is -2.45. The Morgan fingerprint density at radius 3 is 2.95 bits per heavy atom. The van der Waals surface area contributed by atoms with Gasteiger partial charge in [-0.1, -0.05) is 6.92 Å². The molecule has 0 spiro atoms. The number of carboxylic acids is 1. The molecule has 2 amide bonds. The second kappa shape index (κ2) is 6.23. The van der Waals surface area contributed by atoms with Gasteiger partial charge in [-0.05, 0) is 23.4 Å². The predicted molar refractivity (Wildman–Crippen MR) is 74.7 cm³/mol. The first-order chi connectivity index (χ1) is 9.52. The Balaban J connectivity index is 1.96. The Hall–Kier alpha value is -1.60. The molecule has 1 aliphatic heterocycles. The summed E-state index contributed by atoms with van der Waals surface area (Å²) < 4.78 is 0.